The maximum absolute atomic E-state index is 8.19. The van der Waals surface area contributed by atoms with Crippen molar-refractivity contribution >= 4 is 12.2 Å². The molecule has 0 N–H and O–H groups in total. The summed E-state index contributed by atoms with van der Waals surface area (Å²) < 4.78 is 0. The number of aryl methyl sites for hydroxylation is 1. The summed E-state index contributed by atoms with van der Waals surface area (Å²) in [6.07, 6.45) is 8.80. The fraction of sp³-hybridized carbons (Fsp3) is 0.0500. The minimum absolute atomic E-state index is 1.14. The van der Waals surface area contributed by atoms with Crippen molar-refractivity contribution in [3.63, 3.8) is 0 Å². The molecule has 0 aliphatic carbocycles. The fourth-order valence-corrected chi connectivity index (χ4v) is 1.53. The van der Waals surface area contributed by atoms with Gasteiger partial charge < -0.3 is 0 Å². The first-order valence-corrected chi connectivity index (χ1v) is 6.73. The molecule has 0 fully saturated rings. The highest BCUT2D eigenvalue weighted by Crippen LogP contribution is 2.03. The second-order valence-electron chi connectivity index (χ2n) is 4.37. The van der Waals surface area contributed by atoms with E-state index >= 15 is 0 Å². The molecular formula is C20H19N. The molecule has 1 nitrogen and oxygen atoms in total. The van der Waals surface area contributed by atoms with Gasteiger partial charge in [0.05, 0.1) is 6.07 Å². The smallest absolute Gasteiger partial charge is 0.0912 e. The van der Waals surface area contributed by atoms with Gasteiger partial charge in [-0.3, -0.25) is 0 Å². The van der Waals surface area contributed by atoms with E-state index in [9.17, 15) is 0 Å². The Hall–Kier alpha value is -2.85. The summed E-state index contributed by atoms with van der Waals surface area (Å²) in [6.45, 7) is 5.74. The Labute approximate surface area is 127 Å². The molecule has 0 aliphatic heterocycles. The van der Waals surface area contributed by atoms with E-state index in [4.69, 9.17) is 5.26 Å². The van der Waals surface area contributed by atoms with Crippen molar-refractivity contribution < 1.29 is 0 Å². The van der Waals surface area contributed by atoms with Gasteiger partial charge in [0, 0.05) is 6.08 Å². The number of hydrogen-bond acceptors (Lipinski definition) is 1. The van der Waals surface area contributed by atoms with Crippen molar-refractivity contribution in [1.82, 2.24) is 0 Å². The lowest BCUT2D eigenvalue weighted by Gasteiger charge is -1.91. The van der Waals surface area contributed by atoms with Crippen LogP contribution in [0.3, 0.4) is 0 Å². The van der Waals surface area contributed by atoms with E-state index in [0.29, 0.717) is 0 Å². The van der Waals surface area contributed by atoms with Crippen LogP contribution in [0.1, 0.15) is 16.7 Å². The minimum atomic E-state index is 1.14. The number of hydrogen-bond donors (Lipinski definition) is 0. The third-order valence-corrected chi connectivity index (χ3v) is 2.68. The molecule has 0 heterocycles. The molecule has 0 radical (unpaired) electrons. The first-order valence-electron chi connectivity index (χ1n) is 6.73. The highest BCUT2D eigenvalue weighted by Gasteiger charge is 1.82. The van der Waals surface area contributed by atoms with Crippen molar-refractivity contribution in [3.8, 4) is 6.07 Å². The SMILES string of the molecule is C=Cc1ccc(C)cc1.N#CC=CC=Cc1ccccc1. The molecule has 0 aromatic heterocycles. The molecule has 1 heteroatoms. The van der Waals surface area contributed by atoms with Gasteiger partial charge in [0.15, 0.2) is 0 Å². The van der Waals surface area contributed by atoms with Gasteiger partial charge in [-0.25, -0.2) is 0 Å². The average Bonchev–Trinajstić information content (AvgIpc) is 2.54. The zero-order valence-corrected chi connectivity index (χ0v) is 12.2. The molecule has 2 aromatic carbocycles. The van der Waals surface area contributed by atoms with Crippen molar-refractivity contribution in [2.45, 2.75) is 6.92 Å². The largest absolute Gasteiger partial charge is 0.193 e. The van der Waals surface area contributed by atoms with Gasteiger partial charge in [0.1, 0.15) is 0 Å². The van der Waals surface area contributed by atoms with Crippen molar-refractivity contribution in [2.75, 3.05) is 0 Å². The quantitative estimate of drug-likeness (QED) is 0.541. The molecule has 0 amide bonds. The van der Waals surface area contributed by atoms with E-state index < -0.39 is 0 Å². The minimum Gasteiger partial charge on any atom is -0.193 e. The Morgan fingerprint density at radius 3 is 2.14 bits per heavy atom. The van der Waals surface area contributed by atoms with E-state index in [1.165, 1.54) is 17.2 Å². The molecule has 0 saturated carbocycles. The molecule has 104 valence electrons. The second-order valence-corrected chi connectivity index (χ2v) is 4.37. The maximum Gasteiger partial charge on any atom is 0.0912 e. The molecule has 0 unspecified atom stereocenters. The molecule has 21 heavy (non-hydrogen) atoms. The van der Waals surface area contributed by atoms with Crippen molar-refractivity contribution in [3.05, 3.63) is 96.1 Å². The van der Waals surface area contributed by atoms with Crippen LogP contribution in [-0.4, -0.2) is 0 Å². The fourth-order valence-electron chi connectivity index (χ4n) is 1.53. The third kappa shape index (κ3) is 7.34. The van der Waals surface area contributed by atoms with Gasteiger partial charge in [0.2, 0.25) is 0 Å². The van der Waals surface area contributed by atoms with E-state index in [1.54, 1.807) is 6.08 Å². The van der Waals surface area contributed by atoms with Crippen LogP contribution in [0.5, 0.6) is 0 Å². The summed E-state index contributed by atoms with van der Waals surface area (Å²) in [5.74, 6) is 0. The van der Waals surface area contributed by atoms with E-state index in [-0.39, 0.29) is 0 Å². The van der Waals surface area contributed by atoms with E-state index in [2.05, 4.69) is 37.8 Å². The molecule has 0 atom stereocenters. The lowest BCUT2D eigenvalue weighted by atomic mass is 10.2. The highest BCUT2D eigenvalue weighted by atomic mass is 14.2. The van der Waals surface area contributed by atoms with Crippen LogP contribution in [-0.2, 0) is 0 Å². The molecule has 0 spiro atoms. The number of rotatable bonds is 3. The van der Waals surface area contributed by atoms with Gasteiger partial charge in [-0.2, -0.15) is 5.26 Å². The van der Waals surface area contributed by atoms with Gasteiger partial charge in [-0.05, 0) is 18.1 Å². The lowest BCUT2D eigenvalue weighted by Crippen LogP contribution is -1.71. The Morgan fingerprint density at radius 2 is 1.57 bits per heavy atom. The predicted molar refractivity (Wildman–Crippen MR) is 91.5 cm³/mol. The zero-order chi connectivity index (χ0) is 15.3. The monoisotopic (exact) mass is 273 g/mol. The van der Waals surface area contributed by atoms with Crippen LogP contribution < -0.4 is 0 Å². The van der Waals surface area contributed by atoms with Crippen LogP contribution in [0.2, 0.25) is 0 Å². The van der Waals surface area contributed by atoms with Crippen LogP contribution in [0.25, 0.3) is 12.2 Å². The van der Waals surface area contributed by atoms with Gasteiger partial charge in [-0.1, -0.05) is 91.0 Å². The molecule has 2 aromatic rings. The molecule has 0 aliphatic rings. The van der Waals surface area contributed by atoms with Crippen molar-refractivity contribution in [1.29, 1.82) is 5.26 Å². The summed E-state index contributed by atoms with van der Waals surface area (Å²) in [7, 11) is 0. The predicted octanol–water partition coefficient (Wildman–Crippen LogP) is 5.42. The van der Waals surface area contributed by atoms with Crippen LogP contribution >= 0.6 is 0 Å². The molecular weight excluding hydrogens is 254 g/mol. The van der Waals surface area contributed by atoms with Crippen LogP contribution in [0, 0.1) is 18.3 Å². The maximum atomic E-state index is 8.19. The van der Waals surface area contributed by atoms with Gasteiger partial charge in [-0.15, -0.1) is 0 Å². The Balaban J connectivity index is 0.000000219. The summed E-state index contributed by atoms with van der Waals surface area (Å²) in [5, 5.41) is 8.19. The Morgan fingerprint density at radius 1 is 0.905 bits per heavy atom. The van der Waals surface area contributed by atoms with Crippen LogP contribution in [0.4, 0.5) is 0 Å². The van der Waals surface area contributed by atoms with Crippen molar-refractivity contribution in [2.24, 2.45) is 0 Å². The second kappa shape index (κ2) is 10.00. The third-order valence-electron chi connectivity index (χ3n) is 2.68. The number of nitrogens with zero attached hydrogens (tertiary/aromatic N) is 1. The first-order chi connectivity index (χ1) is 10.3. The number of benzene rings is 2. The topological polar surface area (TPSA) is 23.8 Å². The molecule has 2 rings (SSSR count). The summed E-state index contributed by atoms with van der Waals surface area (Å²) in [5.41, 5.74) is 3.61. The summed E-state index contributed by atoms with van der Waals surface area (Å²) in [4.78, 5) is 0. The lowest BCUT2D eigenvalue weighted by molar-refractivity contribution is 1.46. The Kier molecular flexibility index (Phi) is 7.72. The van der Waals surface area contributed by atoms with Gasteiger partial charge in [0.25, 0.3) is 0 Å². The molecule has 0 bridgehead atoms. The summed E-state index contributed by atoms with van der Waals surface area (Å²) >= 11 is 0. The van der Waals surface area contributed by atoms with Crippen LogP contribution in [0.15, 0.2) is 79.4 Å². The first kappa shape index (κ1) is 16.2. The standard InChI is InChI=1S/C11H9N.C9H10/c12-10-6-2-5-9-11-7-3-1-4-8-11;1-3-9-6-4-8(2)5-7-9/h1-9H;3-7H,1H2,2H3. The zero-order valence-electron chi connectivity index (χ0n) is 12.2. The number of allylic oxidation sites excluding steroid dienone is 3. The summed E-state index contributed by atoms with van der Waals surface area (Å²) in [6, 6.07) is 20.2. The van der Waals surface area contributed by atoms with E-state index in [0.717, 1.165) is 5.56 Å². The Bertz CT molecular complexity index is 626. The van der Waals surface area contributed by atoms with E-state index in [1.807, 2.05) is 54.6 Å². The average molecular weight is 273 g/mol. The normalized spacial score (nSPS) is 9.90. The molecule has 0 saturated heterocycles. The number of nitriles is 1. The highest BCUT2D eigenvalue weighted by molar-refractivity contribution is 5.50. The van der Waals surface area contributed by atoms with Gasteiger partial charge >= 0.3 is 0 Å².